The monoisotopic (exact) mass is 524 g/mol. The van der Waals surface area contributed by atoms with Gasteiger partial charge in [0.1, 0.15) is 18.1 Å². The van der Waals surface area contributed by atoms with Crippen molar-refractivity contribution in [2.75, 3.05) is 7.11 Å². The van der Waals surface area contributed by atoms with Crippen LogP contribution in [0.5, 0.6) is 11.5 Å². The number of nitrogens with one attached hydrogen (secondary N) is 1. The van der Waals surface area contributed by atoms with Gasteiger partial charge in [0, 0.05) is 4.47 Å². The lowest BCUT2D eigenvalue weighted by atomic mass is 10.1. The number of urea groups is 1. The van der Waals surface area contributed by atoms with E-state index in [-0.39, 0.29) is 24.7 Å². The van der Waals surface area contributed by atoms with Gasteiger partial charge in [-0.2, -0.15) is 0 Å². The molecular weight excluding hydrogens is 503 g/mol. The van der Waals surface area contributed by atoms with Crippen LogP contribution in [0.2, 0.25) is 0 Å². The minimum Gasteiger partial charge on any atom is -0.493 e. The fourth-order valence-electron chi connectivity index (χ4n) is 3.42. The van der Waals surface area contributed by atoms with Crippen molar-refractivity contribution in [1.82, 2.24) is 10.2 Å². The standard InChI is InChI=1S/C26H22BrFN2O4/c1-16-3-5-17(6-4-16)14-30-25(31)22(29-26(30)32)11-19-12-23(33-2)24(13-21(19)27)34-15-18-7-9-20(28)10-8-18/h3-13H,14-15H2,1-2H3,(H,29,32)/b22-11+. The summed E-state index contributed by atoms with van der Waals surface area (Å²) in [5, 5.41) is 2.64. The Labute approximate surface area is 205 Å². The topological polar surface area (TPSA) is 67.9 Å². The van der Waals surface area contributed by atoms with Gasteiger partial charge in [0.15, 0.2) is 11.5 Å². The molecule has 3 aromatic rings. The molecule has 3 amide bonds. The lowest BCUT2D eigenvalue weighted by Crippen LogP contribution is -2.30. The third kappa shape index (κ3) is 5.28. The first-order valence-electron chi connectivity index (χ1n) is 10.5. The van der Waals surface area contributed by atoms with Crippen LogP contribution in [0.25, 0.3) is 6.08 Å². The van der Waals surface area contributed by atoms with Crippen molar-refractivity contribution >= 4 is 33.9 Å². The highest BCUT2D eigenvalue weighted by atomic mass is 79.9. The predicted molar refractivity (Wildman–Crippen MR) is 130 cm³/mol. The average Bonchev–Trinajstić information content (AvgIpc) is 3.08. The number of hydrogen-bond donors (Lipinski definition) is 1. The Hall–Kier alpha value is -3.65. The molecular formula is C26H22BrFN2O4. The zero-order valence-electron chi connectivity index (χ0n) is 18.6. The molecule has 1 heterocycles. The third-order valence-corrected chi connectivity index (χ3v) is 6.00. The van der Waals surface area contributed by atoms with E-state index in [1.54, 1.807) is 30.3 Å². The summed E-state index contributed by atoms with van der Waals surface area (Å²) in [5.74, 6) is 0.203. The number of hydrogen-bond acceptors (Lipinski definition) is 4. The van der Waals surface area contributed by atoms with Crippen molar-refractivity contribution < 1.29 is 23.5 Å². The normalized spacial score (nSPS) is 14.5. The summed E-state index contributed by atoms with van der Waals surface area (Å²) in [6.07, 6.45) is 1.59. The van der Waals surface area contributed by atoms with Gasteiger partial charge in [0.2, 0.25) is 0 Å². The van der Waals surface area contributed by atoms with Crippen molar-refractivity contribution in [2.45, 2.75) is 20.1 Å². The predicted octanol–water partition coefficient (Wildman–Crippen LogP) is 5.58. The van der Waals surface area contributed by atoms with Crippen LogP contribution in [-0.4, -0.2) is 23.9 Å². The van der Waals surface area contributed by atoms with Gasteiger partial charge >= 0.3 is 6.03 Å². The van der Waals surface area contributed by atoms with Crippen molar-refractivity contribution in [3.8, 4) is 11.5 Å². The fraction of sp³-hybridized carbons (Fsp3) is 0.154. The van der Waals surface area contributed by atoms with Crippen LogP contribution in [0.1, 0.15) is 22.3 Å². The lowest BCUT2D eigenvalue weighted by molar-refractivity contribution is -0.123. The molecule has 0 unspecified atom stereocenters. The Bertz CT molecular complexity index is 1260. The van der Waals surface area contributed by atoms with Crippen LogP contribution in [0, 0.1) is 12.7 Å². The van der Waals surface area contributed by atoms with E-state index in [9.17, 15) is 14.0 Å². The summed E-state index contributed by atoms with van der Waals surface area (Å²) in [5.41, 5.74) is 3.57. The molecule has 6 nitrogen and oxygen atoms in total. The molecule has 0 aromatic heterocycles. The number of halogens is 2. The SMILES string of the molecule is COc1cc(/C=C2/NC(=O)N(Cc3ccc(C)cc3)C2=O)c(Br)cc1OCc1ccc(F)cc1. The number of nitrogens with zero attached hydrogens (tertiary/aromatic N) is 1. The first kappa shape index (κ1) is 23.5. The quantitative estimate of drug-likeness (QED) is 0.323. The van der Waals surface area contributed by atoms with Crippen LogP contribution in [0.4, 0.5) is 9.18 Å². The molecule has 8 heteroatoms. The number of aryl methyl sites for hydroxylation is 1. The first-order valence-corrected chi connectivity index (χ1v) is 11.3. The zero-order valence-corrected chi connectivity index (χ0v) is 20.2. The minimum atomic E-state index is -0.473. The van der Waals surface area contributed by atoms with Crippen LogP contribution in [0.3, 0.4) is 0 Å². The van der Waals surface area contributed by atoms with Gasteiger partial charge in [0.25, 0.3) is 5.91 Å². The van der Waals surface area contributed by atoms with E-state index < -0.39 is 11.9 Å². The molecule has 0 spiro atoms. The summed E-state index contributed by atoms with van der Waals surface area (Å²) in [6.45, 7) is 2.39. The number of benzene rings is 3. The number of ether oxygens (including phenoxy) is 2. The maximum absolute atomic E-state index is 13.1. The van der Waals surface area contributed by atoms with Gasteiger partial charge < -0.3 is 14.8 Å². The molecule has 34 heavy (non-hydrogen) atoms. The smallest absolute Gasteiger partial charge is 0.329 e. The Morgan fingerprint density at radius 2 is 1.68 bits per heavy atom. The fourth-order valence-corrected chi connectivity index (χ4v) is 3.86. The van der Waals surface area contributed by atoms with Crippen molar-refractivity contribution in [3.05, 3.63) is 98.9 Å². The Kier molecular flexibility index (Phi) is 6.98. The highest BCUT2D eigenvalue weighted by Gasteiger charge is 2.33. The van der Waals surface area contributed by atoms with Gasteiger partial charge in [-0.3, -0.25) is 9.69 Å². The van der Waals surface area contributed by atoms with Crippen LogP contribution in [-0.2, 0) is 17.9 Å². The summed E-state index contributed by atoms with van der Waals surface area (Å²) in [6, 6.07) is 16.7. The summed E-state index contributed by atoms with van der Waals surface area (Å²) in [7, 11) is 1.51. The molecule has 3 aromatic carbocycles. The molecule has 0 radical (unpaired) electrons. The van der Waals surface area contributed by atoms with Crippen LogP contribution < -0.4 is 14.8 Å². The van der Waals surface area contributed by atoms with E-state index >= 15 is 0 Å². The number of carbonyl (C=O) groups is 2. The van der Waals surface area contributed by atoms with Gasteiger partial charge in [-0.15, -0.1) is 0 Å². The molecule has 1 N–H and O–H groups in total. The summed E-state index contributed by atoms with van der Waals surface area (Å²) >= 11 is 3.50. The molecule has 1 fully saturated rings. The number of amides is 3. The van der Waals surface area contributed by atoms with Crippen molar-refractivity contribution in [3.63, 3.8) is 0 Å². The van der Waals surface area contributed by atoms with E-state index in [2.05, 4.69) is 21.2 Å². The molecule has 1 saturated heterocycles. The largest absolute Gasteiger partial charge is 0.493 e. The molecule has 1 aliphatic heterocycles. The van der Waals surface area contributed by atoms with Crippen molar-refractivity contribution in [2.24, 2.45) is 0 Å². The molecule has 0 aliphatic carbocycles. The molecule has 0 bridgehead atoms. The number of rotatable bonds is 7. The maximum Gasteiger partial charge on any atom is 0.329 e. The van der Waals surface area contributed by atoms with Gasteiger partial charge in [-0.1, -0.05) is 57.9 Å². The van der Waals surface area contributed by atoms with E-state index in [0.717, 1.165) is 16.7 Å². The average molecular weight is 525 g/mol. The van der Waals surface area contributed by atoms with E-state index in [4.69, 9.17) is 9.47 Å². The highest BCUT2D eigenvalue weighted by molar-refractivity contribution is 9.10. The summed E-state index contributed by atoms with van der Waals surface area (Å²) < 4.78 is 25.1. The Morgan fingerprint density at radius 1 is 1.00 bits per heavy atom. The van der Waals surface area contributed by atoms with E-state index in [0.29, 0.717) is 21.5 Å². The molecule has 0 saturated carbocycles. The van der Waals surface area contributed by atoms with Gasteiger partial charge in [-0.05, 0) is 54.0 Å². The first-order chi connectivity index (χ1) is 16.3. The third-order valence-electron chi connectivity index (χ3n) is 5.31. The molecule has 174 valence electrons. The second-order valence-electron chi connectivity index (χ2n) is 7.80. The number of methoxy groups -OCH3 is 1. The van der Waals surface area contributed by atoms with Crippen molar-refractivity contribution in [1.29, 1.82) is 0 Å². The summed E-state index contributed by atoms with van der Waals surface area (Å²) in [4.78, 5) is 26.5. The Morgan fingerprint density at radius 3 is 2.35 bits per heavy atom. The van der Waals surface area contributed by atoms with Crippen LogP contribution >= 0.6 is 15.9 Å². The van der Waals surface area contributed by atoms with Crippen LogP contribution in [0.15, 0.2) is 70.8 Å². The Balaban J connectivity index is 1.52. The zero-order chi connectivity index (χ0) is 24.2. The van der Waals surface area contributed by atoms with E-state index in [1.807, 2.05) is 31.2 Å². The second-order valence-corrected chi connectivity index (χ2v) is 8.66. The minimum absolute atomic E-state index is 0.167. The lowest BCUT2D eigenvalue weighted by Gasteiger charge is -2.13. The molecule has 0 atom stereocenters. The molecule has 4 rings (SSSR count). The van der Waals surface area contributed by atoms with E-state index in [1.165, 1.54) is 24.1 Å². The number of carbonyl (C=O) groups excluding carboxylic acids is 2. The number of imide groups is 1. The maximum atomic E-state index is 13.1. The van der Waals surface area contributed by atoms with Gasteiger partial charge in [0.05, 0.1) is 13.7 Å². The highest BCUT2D eigenvalue weighted by Crippen LogP contribution is 2.35. The van der Waals surface area contributed by atoms with Gasteiger partial charge in [-0.25, -0.2) is 9.18 Å². The second kappa shape index (κ2) is 10.1. The molecule has 1 aliphatic rings.